The minimum absolute atomic E-state index is 0. The molecule has 0 saturated carbocycles. The molecular weight excluding hydrogens is 807 g/mol. The van der Waals surface area contributed by atoms with E-state index in [1.54, 1.807) is 6.20 Å². The summed E-state index contributed by atoms with van der Waals surface area (Å²) in [5.41, 5.74) is 10.5. The van der Waals surface area contributed by atoms with Crippen molar-refractivity contribution in [1.82, 2.24) is 24.5 Å². The van der Waals surface area contributed by atoms with Gasteiger partial charge in [-0.3, -0.25) is 4.98 Å². The van der Waals surface area contributed by atoms with Gasteiger partial charge >= 0.3 is 0 Å². The van der Waals surface area contributed by atoms with Crippen molar-refractivity contribution in [2.75, 3.05) is 0 Å². The summed E-state index contributed by atoms with van der Waals surface area (Å²) >= 11 is 0. The third-order valence-electron chi connectivity index (χ3n) is 8.60. The van der Waals surface area contributed by atoms with E-state index in [1.807, 2.05) is 132 Å². The average molecular weight is 834 g/mol. The Bertz CT molecular complexity index is 2710. The average Bonchev–Trinajstić information content (AvgIpc) is 3.76. The fourth-order valence-corrected chi connectivity index (χ4v) is 6.24. The van der Waals surface area contributed by atoms with E-state index in [2.05, 4.69) is 47.4 Å². The molecule has 0 aliphatic rings. The maximum atomic E-state index is 6.54. The molecule has 7 heteroatoms. The molecule has 0 bridgehead atoms. The number of hydrogen-bond donors (Lipinski definition) is 0. The quantitative estimate of drug-likeness (QED) is 0.165. The van der Waals surface area contributed by atoms with Gasteiger partial charge in [0.05, 0.1) is 22.4 Å². The molecule has 0 saturated heterocycles. The zero-order valence-electron chi connectivity index (χ0n) is 27.1. The molecule has 1 radical (unpaired) electrons. The Morgan fingerprint density at radius 3 is 2.08 bits per heavy atom. The monoisotopic (exact) mass is 834 g/mol. The van der Waals surface area contributed by atoms with E-state index < -0.39 is 0 Å². The molecule has 10 aromatic rings. The van der Waals surface area contributed by atoms with E-state index in [1.165, 1.54) is 0 Å². The molecule has 0 aliphatic heterocycles. The van der Waals surface area contributed by atoms with Gasteiger partial charge in [-0.1, -0.05) is 95.9 Å². The summed E-state index contributed by atoms with van der Waals surface area (Å²) in [5.74, 6) is 0.689. The zero-order valence-corrected chi connectivity index (χ0v) is 29.5. The van der Waals surface area contributed by atoms with Crippen molar-refractivity contribution < 1.29 is 24.5 Å². The number of para-hydroxylation sites is 3. The second-order valence-electron chi connectivity index (χ2n) is 11.7. The Kier molecular flexibility index (Phi) is 8.73. The number of fused-ring (bicyclic) bond motifs is 5. The van der Waals surface area contributed by atoms with Crippen LogP contribution in [0, 0.1) is 12.1 Å². The first-order chi connectivity index (χ1) is 24.8. The second kappa shape index (κ2) is 13.9. The normalized spacial score (nSPS) is 11.0. The van der Waals surface area contributed by atoms with Crippen molar-refractivity contribution in [3.63, 3.8) is 0 Å². The molecule has 245 valence electrons. The van der Waals surface area contributed by atoms with Crippen molar-refractivity contribution in [1.29, 1.82) is 0 Å². The van der Waals surface area contributed by atoms with Gasteiger partial charge in [0.25, 0.3) is 0 Å². The first-order valence-electron chi connectivity index (χ1n) is 16.3. The first kappa shape index (κ1) is 32.0. The minimum atomic E-state index is 0. The van der Waals surface area contributed by atoms with Gasteiger partial charge in [-0.15, -0.1) is 54.1 Å². The number of benzene rings is 6. The molecule has 4 aromatic heterocycles. The molecule has 6 aromatic carbocycles. The van der Waals surface area contributed by atoms with Crippen LogP contribution in [0.3, 0.4) is 0 Å². The van der Waals surface area contributed by atoms with Crippen molar-refractivity contribution in [2.24, 2.45) is 0 Å². The molecule has 10 rings (SSSR count). The summed E-state index contributed by atoms with van der Waals surface area (Å²) in [6.07, 6.45) is 1.79. The maximum Gasteiger partial charge on any atom is 0.188 e. The fraction of sp³-hybridized carbons (Fsp3) is 0. The van der Waals surface area contributed by atoms with Gasteiger partial charge in [0.15, 0.2) is 11.3 Å². The van der Waals surface area contributed by atoms with E-state index in [4.69, 9.17) is 19.4 Å². The standard InChI is InChI=1S/C33H19N4O.C11H8N.Ir/c1-3-10-21(11-4-1)22-18-19-24-25-14-9-15-26(30(25)38-29(24)20-22)32-36-31-33(37(32)23-12-5-2-6-13-23)35-28-17-8-7-16-27(28)34-31;1-2-6-10(7-3-1)11-8-4-5-9-12-11;/h1-14,16-20H;1-6,8-9H;/q2*-1;. The summed E-state index contributed by atoms with van der Waals surface area (Å²) in [5, 5.41) is 2.07. The smallest absolute Gasteiger partial charge is 0.188 e. The number of rotatable bonds is 4. The predicted molar refractivity (Wildman–Crippen MR) is 200 cm³/mol. The summed E-state index contributed by atoms with van der Waals surface area (Å²) in [6, 6.07) is 58.9. The van der Waals surface area contributed by atoms with Gasteiger partial charge < -0.3 is 14.0 Å². The minimum Gasteiger partial charge on any atom is -0.501 e. The Morgan fingerprint density at radius 1 is 0.569 bits per heavy atom. The Hall–Kier alpha value is -6.27. The molecule has 0 atom stereocenters. The van der Waals surface area contributed by atoms with Crippen LogP contribution in [0.2, 0.25) is 0 Å². The van der Waals surface area contributed by atoms with E-state index in [9.17, 15) is 0 Å². The molecule has 0 unspecified atom stereocenters. The van der Waals surface area contributed by atoms with E-state index in [0.29, 0.717) is 17.1 Å². The van der Waals surface area contributed by atoms with Crippen molar-refractivity contribution >= 4 is 44.3 Å². The van der Waals surface area contributed by atoms with Crippen LogP contribution in [0.4, 0.5) is 0 Å². The van der Waals surface area contributed by atoms with Crippen molar-refractivity contribution in [3.8, 4) is 39.5 Å². The Balaban J connectivity index is 0.000000245. The molecular formula is C44H27IrN5O-2. The van der Waals surface area contributed by atoms with Crippen LogP contribution in [-0.2, 0) is 20.1 Å². The Morgan fingerprint density at radius 2 is 1.31 bits per heavy atom. The third-order valence-corrected chi connectivity index (χ3v) is 8.60. The summed E-state index contributed by atoms with van der Waals surface area (Å²) in [7, 11) is 0. The molecule has 0 N–H and O–H groups in total. The van der Waals surface area contributed by atoms with Crippen LogP contribution in [-0.4, -0.2) is 24.5 Å². The van der Waals surface area contributed by atoms with Gasteiger partial charge in [-0.25, -0.2) is 9.97 Å². The molecule has 0 amide bonds. The van der Waals surface area contributed by atoms with Gasteiger partial charge in [0, 0.05) is 37.4 Å². The zero-order chi connectivity index (χ0) is 33.3. The molecule has 0 aliphatic carbocycles. The summed E-state index contributed by atoms with van der Waals surface area (Å²) in [6.45, 7) is 0. The van der Waals surface area contributed by atoms with Crippen LogP contribution in [0.15, 0.2) is 168 Å². The van der Waals surface area contributed by atoms with E-state index in [-0.39, 0.29) is 20.1 Å². The number of pyridine rings is 1. The predicted octanol–water partition coefficient (Wildman–Crippen LogP) is 10.5. The van der Waals surface area contributed by atoms with Crippen LogP contribution >= 0.6 is 0 Å². The van der Waals surface area contributed by atoms with Gasteiger partial charge in [-0.05, 0) is 53.2 Å². The number of nitrogens with zero attached hydrogens (tertiary/aromatic N) is 5. The number of imidazole rings is 1. The summed E-state index contributed by atoms with van der Waals surface area (Å²) < 4.78 is 8.58. The maximum absolute atomic E-state index is 6.54. The summed E-state index contributed by atoms with van der Waals surface area (Å²) in [4.78, 5) is 19.0. The van der Waals surface area contributed by atoms with E-state index >= 15 is 0 Å². The SMILES string of the molecule is [Ir].[c-]1ccc2c(oc3cc(-c4ccccc4)ccc32)c1-c1nc2nc3ccccc3nc2n1-c1ccccc1.[c-]1ccccc1-c1ccccn1. The van der Waals surface area contributed by atoms with Gasteiger partial charge in [-0.2, -0.15) is 0 Å². The second-order valence-corrected chi connectivity index (χ2v) is 11.7. The van der Waals surface area contributed by atoms with Crippen molar-refractivity contribution in [2.45, 2.75) is 0 Å². The topological polar surface area (TPSA) is 69.6 Å². The van der Waals surface area contributed by atoms with Gasteiger partial charge in [0.1, 0.15) is 5.58 Å². The number of hydrogen-bond acceptors (Lipinski definition) is 5. The van der Waals surface area contributed by atoms with Crippen LogP contribution in [0.5, 0.6) is 0 Å². The molecule has 0 fully saturated rings. The molecule has 6 nitrogen and oxygen atoms in total. The van der Waals surface area contributed by atoms with Crippen LogP contribution < -0.4 is 0 Å². The van der Waals surface area contributed by atoms with Crippen molar-refractivity contribution in [3.05, 3.63) is 176 Å². The Labute approximate surface area is 307 Å². The third kappa shape index (κ3) is 6.10. The number of aromatic nitrogens is 5. The first-order valence-corrected chi connectivity index (χ1v) is 16.3. The van der Waals surface area contributed by atoms with E-state index in [0.717, 1.165) is 66.6 Å². The van der Waals surface area contributed by atoms with Crippen LogP contribution in [0.1, 0.15) is 0 Å². The van der Waals surface area contributed by atoms with Crippen LogP contribution in [0.25, 0.3) is 83.7 Å². The molecule has 4 heterocycles. The molecule has 0 spiro atoms. The fourth-order valence-electron chi connectivity index (χ4n) is 6.24. The van der Waals surface area contributed by atoms with Gasteiger partial charge in [0.2, 0.25) is 0 Å². The largest absolute Gasteiger partial charge is 0.501 e. The number of furan rings is 1. The molecule has 51 heavy (non-hydrogen) atoms.